The van der Waals surface area contributed by atoms with Crippen LogP contribution in [0.25, 0.3) is 0 Å². The van der Waals surface area contributed by atoms with Gasteiger partial charge in [0, 0.05) is 6.04 Å². The smallest absolute Gasteiger partial charge is 0.184 e. The van der Waals surface area contributed by atoms with Crippen molar-refractivity contribution in [1.82, 2.24) is 4.37 Å². The molecule has 1 aromatic heterocycles. The third kappa shape index (κ3) is 3.18. The van der Waals surface area contributed by atoms with E-state index in [0.717, 1.165) is 37.2 Å². The molecule has 0 saturated heterocycles. The van der Waals surface area contributed by atoms with Gasteiger partial charge in [0.1, 0.15) is 9.90 Å². The highest BCUT2D eigenvalue weighted by molar-refractivity contribution is 7.91. The predicted octanol–water partition coefficient (Wildman–Crippen LogP) is 1.23. The lowest BCUT2D eigenvalue weighted by Gasteiger charge is -2.26. The molecule has 1 aromatic rings. The molecule has 6 nitrogen and oxygen atoms in total. The molecule has 1 aliphatic rings. The highest BCUT2D eigenvalue weighted by atomic mass is 32.2. The second-order valence-corrected chi connectivity index (χ2v) is 7.77. The number of anilines is 2. The summed E-state index contributed by atoms with van der Waals surface area (Å²) in [6.07, 6.45) is 2.89. The van der Waals surface area contributed by atoms with Crippen molar-refractivity contribution in [3.8, 4) is 0 Å². The third-order valence-corrected chi connectivity index (χ3v) is 6.11. The summed E-state index contributed by atoms with van der Waals surface area (Å²) in [7, 11) is -3.37. The van der Waals surface area contributed by atoms with Crippen LogP contribution in [0.15, 0.2) is 4.90 Å². The number of rotatable bonds is 4. The Morgan fingerprint density at radius 2 is 2.05 bits per heavy atom. The summed E-state index contributed by atoms with van der Waals surface area (Å²) in [5, 5.41) is 13.2. The highest BCUT2D eigenvalue weighted by Crippen LogP contribution is 2.34. The molecule has 0 aliphatic heterocycles. The van der Waals surface area contributed by atoms with Gasteiger partial charge in [0.25, 0.3) is 0 Å². The molecular weight excluding hydrogens is 286 g/mol. The number of aliphatic hydroxyl groups is 1. The summed E-state index contributed by atoms with van der Waals surface area (Å²) in [5.74, 6) is 0.0819. The molecule has 0 radical (unpaired) electrons. The maximum atomic E-state index is 12.0. The number of sulfone groups is 1. The van der Waals surface area contributed by atoms with E-state index in [0.29, 0.717) is 5.00 Å². The van der Waals surface area contributed by atoms with Crippen LogP contribution < -0.4 is 11.1 Å². The van der Waals surface area contributed by atoms with Gasteiger partial charge in [0.15, 0.2) is 15.7 Å². The summed E-state index contributed by atoms with van der Waals surface area (Å²) in [6, 6.07) is 0.175. The highest BCUT2D eigenvalue weighted by Gasteiger charge is 2.27. The van der Waals surface area contributed by atoms with Gasteiger partial charge in [-0.2, -0.15) is 4.37 Å². The van der Waals surface area contributed by atoms with Crippen LogP contribution in [0.2, 0.25) is 0 Å². The largest absolute Gasteiger partial charge is 0.393 e. The van der Waals surface area contributed by atoms with E-state index in [1.165, 1.54) is 0 Å². The molecule has 19 heavy (non-hydrogen) atoms. The average Bonchev–Trinajstić information content (AvgIpc) is 2.74. The molecule has 2 rings (SSSR count). The minimum Gasteiger partial charge on any atom is -0.393 e. The van der Waals surface area contributed by atoms with Gasteiger partial charge >= 0.3 is 0 Å². The quantitative estimate of drug-likeness (QED) is 0.773. The molecule has 0 bridgehead atoms. The summed E-state index contributed by atoms with van der Waals surface area (Å²) >= 11 is 1.09. The number of aliphatic hydroxyl groups excluding tert-OH is 1. The van der Waals surface area contributed by atoms with Crippen molar-refractivity contribution in [2.75, 3.05) is 16.8 Å². The average molecular weight is 305 g/mol. The summed E-state index contributed by atoms with van der Waals surface area (Å²) < 4.78 is 27.9. The topological polar surface area (TPSA) is 105 Å². The fourth-order valence-electron chi connectivity index (χ4n) is 2.24. The van der Waals surface area contributed by atoms with Crippen molar-refractivity contribution in [2.45, 2.75) is 49.6 Å². The van der Waals surface area contributed by atoms with Gasteiger partial charge in [-0.3, -0.25) is 0 Å². The van der Waals surface area contributed by atoms with Crippen LogP contribution in [0.1, 0.15) is 32.6 Å². The zero-order valence-corrected chi connectivity index (χ0v) is 12.4. The Kier molecular flexibility index (Phi) is 4.32. The zero-order valence-electron chi connectivity index (χ0n) is 10.8. The van der Waals surface area contributed by atoms with E-state index >= 15 is 0 Å². The Morgan fingerprint density at radius 1 is 1.42 bits per heavy atom. The monoisotopic (exact) mass is 305 g/mol. The lowest BCUT2D eigenvalue weighted by Crippen LogP contribution is -2.28. The predicted molar refractivity (Wildman–Crippen MR) is 76.1 cm³/mol. The molecule has 0 atom stereocenters. The Bertz CT molecular complexity index is 533. The molecule has 8 heteroatoms. The van der Waals surface area contributed by atoms with Crippen molar-refractivity contribution >= 4 is 32.2 Å². The first-order chi connectivity index (χ1) is 8.94. The molecule has 0 aromatic carbocycles. The molecule has 108 valence electrons. The standard InChI is InChI=1S/C11H19N3O3S2/c1-2-19(16,17)9-10(12)14-18-11(9)13-7-3-5-8(15)6-4-7/h7-8,13,15H,2-6H2,1H3,(H2,12,14). The Balaban J connectivity index is 2.18. The second-order valence-electron chi connectivity index (χ2n) is 4.78. The van der Waals surface area contributed by atoms with Crippen molar-refractivity contribution in [1.29, 1.82) is 0 Å². The second kappa shape index (κ2) is 5.64. The van der Waals surface area contributed by atoms with Gasteiger partial charge in [-0.05, 0) is 37.2 Å². The van der Waals surface area contributed by atoms with Crippen molar-refractivity contribution in [3.63, 3.8) is 0 Å². The number of nitrogens with two attached hydrogens (primary N) is 1. The Labute approximate surface area is 117 Å². The SMILES string of the molecule is CCS(=O)(=O)c1c(N)nsc1NC1CCC(O)CC1. The number of nitrogens with zero attached hydrogens (tertiary/aromatic N) is 1. The molecule has 0 unspecified atom stereocenters. The minimum atomic E-state index is -3.37. The van der Waals surface area contributed by atoms with Gasteiger partial charge in [0.2, 0.25) is 0 Å². The number of aromatic nitrogens is 1. The molecular formula is C11H19N3O3S2. The summed E-state index contributed by atoms with van der Waals surface area (Å²) in [5.41, 5.74) is 5.67. The minimum absolute atomic E-state index is 0.00761. The lowest BCUT2D eigenvalue weighted by molar-refractivity contribution is 0.126. The van der Waals surface area contributed by atoms with E-state index in [-0.39, 0.29) is 28.6 Å². The number of nitrogens with one attached hydrogen (secondary N) is 1. The van der Waals surface area contributed by atoms with Crippen molar-refractivity contribution in [3.05, 3.63) is 0 Å². The van der Waals surface area contributed by atoms with Crippen LogP contribution in [0, 0.1) is 0 Å². The first kappa shape index (κ1) is 14.5. The van der Waals surface area contributed by atoms with Gasteiger partial charge in [-0.15, -0.1) is 0 Å². The van der Waals surface area contributed by atoms with Crippen molar-refractivity contribution < 1.29 is 13.5 Å². The molecule has 1 saturated carbocycles. The Hall–Kier alpha value is -0.860. The maximum Gasteiger partial charge on any atom is 0.184 e. The number of nitrogen functional groups attached to an aromatic ring is 1. The molecule has 0 amide bonds. The first-order valence-corrected chi connectivity index (χ1v) is 8.79. The normalized spacial score (nSPS) is 24.3. The van der Waals surface area contributed by atoms with Gasteiger partial charge in [-0.1, -0.05) is 6.92 Å². The maximum absolute atomic E-state index is 12.0. The van der Waals surface area contributed by atoms with Gasteiger partial charge in [-0.25, -0.2) is 8.42 Å². The van der Waals surface area contributed by atoms with Crippen molar-refractivity contribution in [2.24, 2.45) is 0 Å². The van der Waals surface area contributed by atoms with Crippen LogP contribution in [0.4, 0.5) is 10.8 Å². The van der Waals surface area contributed by atoms with Gasteiger partial charge in [0.05, 0.1) is 11.9 Å². The van der Waals surface area contributed by atoms with Gasteiger partial charge < -0.3 is 16.2 Å². The van der Waals surface area contributed by atoms with Crippen LogP contribution in [0.3, 0.4) is 0 Å². The van der Waals surface area contributed by atoms with E-state index < -0.39 is 9.84 Å². The summed E-state index contributed by atoms with van der Waals surface area (Å²) in [6.45, 7) is 1.59. The van der Waals surface area contributed by atoms with E-state index in [2.05, 4.69) is 9.69 Å². The molecule has 4 N–H and O–H groups in total. The third-order valence-electron chi connectivity index (χ3n) is 3.40. The number of hydrogen-bond donors (Lipinski definition) is 3. The van der Waals surface area contributed by atoms with Crippen LogP contribution in [-0.4, -0.2) is 35.8 Å². The molecule has 1 aliphatic carbocycles. The van der Waals surface area contributed by atoms with E-state index in [1.54, 1.807) is 6.92 Å². The van der Waals surface area contributed by atoms with Crippen LogP contribution in [-0.2, 0) is 9.84 Å². The Morgan fingerprint density at radius 3 is 2.63 bits per heavy atom. The van der Waals surface area contributed by atoms with E-state index in [1.807, 2.05) is 0 Å². The van der Waals surface area contributed by atoms with E-state index in [4.69, 9.17) is 5.73 Å². The molecule has 1 fully saturated rings. The molecule has 1 heterocycles. The van der Waals surface area contributed by atoms with Crippen LogP contribution >= 0.6 is 11.5 Å². The fraction of sp³-hybridized carbons (Fsp3) is 0.727. The zero-order chi connectivity index (χ0) is 14.0. The van der Waals surface area contributed by atoms with Crippen LogP contribution in [0.5, 0.6) is 0 Å². The fourth-order valence-corrected chi connectivity index (χ4v) is 4.47. The first-order valence-electron chi connectivity index (χ1n) is 6.36. The van der Waals surface area contributed by atoms with E-state index in [9.17, 15) is 13.5 Å². The lowest BCUT2D eigenvalue weighted by atomic mass is 9.93. The summed E-state index contributed by atoms with van der Waals surface area (Å²) in [4.78, 5) is 0.131. The number of hydrogen-bond acceptors (Lipinski definition) is 7. The molecule has 0 spiro atoms.